The minimum absolute atomic E-state index is 0.413. The molecule has 0 bridgehead atoms. The van der Waals surface area contributed by atoms with Crippen LogP contribution in [0.1, 0.15) is 0 Å². The molecule has 0 unspecified atom stereocenters. The molecular weight excluding hydrogens is 701 g/mol. The average Bonchev–Trinajstić information content (AvgIpc) is 3.08. The summed E-state index contributed by atoms with van der Waals surface area (Å²) in [6.45, 7) is 30.4. The second-order valence-electron chi connectivity index (χ2n) is 17.5. The van der Waals surface area contributed by atoms with Crippen LogP contribution >= 0.6 is 0 Å². The molecule has 0 atom stereocenters. The van der Waals surface area contributed by atoms with E-state index >= 15 is 0 Å². The normalized spacial score (nSPS) is 13.1. The smallest absolute Gasteiger partial charge is 0.0671 e. The lowest BCUT2D eigenvalue weighted by atomic mass is 10.4. The Morgan fingerprint density at radius 1 is 0.327 bits per heavy atom. The SMILES string of the molecule is C[Si](C)c1ccc([Si](C)(C)CC[Si](CC[Si](C)(C)c2ccc([Si](C)C)cc2)(CC[Si](C)(C)c2ccc([Si](C)C)cc2)c2ccccc2)cc1. The molecule has 4 aromatic rings. The zero-order chi connectivity index (χ0) is 36.0. The molecule has 0 aliphatic heterocycles. The van der Waals surface area contributed by atoms with E-state index in [4.69, 9.17) is 0 Å². The van der Waals surface area contributed by atoms with E-state index in [1.807, 2.05) is 0 Å². The van der Waals surface area contributed by atoms with E-state index in [0.29, 0.717) is 0 Å². The fraction of sp³-hybridized carbons (Fsp3) is 0.429. The van der Waals surface area contributed by atoms with Gasteiger partial charge in [-0.25, -0.2) is 0 Å². The minimum Gasteiger partial charge on any atom is -0.0671 e. The monoisotopic (exact) mass is 765 g/mol. The first kappa shape index (κ1) is 40.2. The van der Waals surface area contributed by atoms with E-state index in [2.05, 4.69) is 182 Å². The van der Waals surface area contributed by atoms with E-state index in [1.165, 1.54) is 36.3 Å². The average molecular weight is 767 g/mol. The Morgan fingerprint density at radius 3 is 0.837 bits per heavy atom. The fourth-order valence-electron chi connectivity index (χ4n) is 7.45. The Balaban J connectivity index is 1.70. The van der Waals surface area contributed by atoms with Crippen molar-refractivity contribution in [1.82, 2.24) is 0 Å². The minimum atomic E-state index is -1.87. The third-order valence-electron chi connectivity index (χ3n) is 11.8. The summed E-state index contributed by atoms with van der Waals surface area (Å²) in [6, 6.07) is 50.4. The third kappa shape index (κ3) is 10.5. The van der Waals surface area contributed by atoms with E-state index in [0.717, 1.165) is 0 Å². The summed E-state index contributed by atoms with van der Waals surface area (Å²) in [5.41, 5.74) is 0. The topological polar surface area (TPSA) is 0 Å². The zero-order valence-electron chi connectivity index (χ0n) is 33.1. The molecule has 0 saturated carbocycles. The van der Waals surface area contributed by atoms with E-state index in [9.17, 15) is 0 Å². The van der Waals surface area contributed by atoms with Gasteiger partial charge in [-0.1, -0.05) is 254 Å². The van der Waals surface area contributed by atoms with E-state index in [1.54, 1.807) is 36.3 Å². The lowest BCUT2D eigenvalue weighted by Crippen LogP contribution is -2.54. The van der Waals surface area contributed by atoms with Gasteiger partial charge in [-0.15, -0.1) is 0 Å². The summed E-state index contributed by atoms with van der Waals surface area (Å²) in [5.74, 6) is 0. The molecular formula is C42H65Si7. The molecule has 49 heavy (non-hydrogen) atoms. The van der Waals surface area contributed by atoms with Gasteiger partial charge in [0.1, 0.15) is 0 Å². The Labute approximate surface area is 311 Å². The maximum atomic E-state index is 2.66. The van der Waals surface area contributed by atoms with Crippen LogP contribution in [0.5, 0.6) is 0 Å². The standard InChI is InChI=1S/C42H65Si7/c1-43(2)36-18-24-39(25-19-36)46(7,8)30-33-49(42-16-14-13-15-17-42,34-31-47(9,10)40-26-20-37(21-27-40)44(3)4)35-32-48(11,12)41-28-22-38(23-29-41)45(5)6/h13-29H,30-35H2,1-12H3. The molecule has 0 aliphatic carbocycles. The predicted molar refractivity (Wildman–Crippen MR) is 243 cm³/mol. The van der Waals surface area contributed by atoms with Gasteiger partial charge in [0, 0.05) is 0 Å². The highest BCUT2D eigenvalue weighted by Crippen LogP contribution is 2.34. The van der Waals surface area contributed by atoms with Crippen molar-refractivity contribution < 1.29 is 0 Å². The van der Waals surface area contributed by atoms with Crippen molar-refractivity contribution in [3.63, 3.8) is 0 Å². The molecule has 4 aromatic carbocycles. The van der Waals surface area contributed by atoms with Gasteiger partial charge in [0.2, 0.25) is 0 Å². The molecule has 261 valence electrons. The highest BCUT2D eigenvalue weighted by Gasteiger charge is 2.41. The summed E-state index contributed by atoms with van der Waals surface area (Å²) in [5, 5.41) is 11.4. The zero-order valence-corrected chi connectivity index (χ0v) is 40.1. The highest BCUT2D eigenvalue weighted by atomic mass is 28.3. The Bertz CT molecular complexity index is 1420. The van der Waals surface area contributed by atoms with Gasteiger partial charge in [0.05, 0.1) is 58.7 Å². The number of hydrogen-bond acceptors (Lipinski definition) is 0. The van der Waals surface area contributed by atoms with E-state index in [-0.39, 0.29) is 0 Å². The summed E-state index contributed by atoms with van der Waals surface area (Å²) < 4.78 is 0. The Kier molecular flexibility index (Phi) is 13.8. The van der Waals surface area contributed by atoms with Crippen LogP contribution in [-0.4, -0.2) is 58.7 Å². The molecule has 0 fully saturated rings. The van der Waals surface area contributed by atoms with Crippen molar-refractivity contribution in [1.29, 1.82) is 0 Å². The van der Waals surface area contributed by atoms with Gasteiger partial charge >= 0.3 is 0 Å². The Morgan fingerprint density at radius 2 is 0.592 bits per heavy atom. The molecule has 0 amide bonds. The van der Waals surface area contributed by atoms with Gasteiger partial charge in [0.15, 0.2) is 0 Å². The van der Waals surface area contributed by atoms with Gasteiger partial charge in [0.25, 0.3) is 0 Å². The highest BCUT2D eigenvalue weighted by molar-refractivity contribution is 6.99. The maximum Gasteiger partial charge on any atom is 0.0859 e. The van der Waals surface area contributed by atoms with Crippen molar-refractivity contribution in [2.75, 3.05) is 0 Å². The van der Waals surface area contributed by atoms with Gasteiger partial charge < -0.3 is 0 Å². The van der Waals surface area contributed by atoms with Crippen molar-refractivity contribution >= 4 is 95.0 Å². The first-order chi connectivity index (χ1) is 23.0. The third-order valence-corrected chi connectivity index (χ3v) is 33.1. The largest absolute Gasteiger partial charge is 0.0859 e. The summed E-state index contributed by atoms with van der Waals surface area (Å²) in [6.07, 6.45) is 0. The maximum absolute atomic E-state index is 2.66. The Hall–Kier alpha value is -1.60. The predicted octanol–water partition coefficient (Wildman–Crippen LogP) is 8.07. The van der Waals surface area contributed by atoms with Crippen molar-refractivity contribution in [3.05, 3.63) is 103 Å². The van der Waals surface area contributed by atoms with Crippen LogP contribution in [0.3, 0.4) is 0 Å². The van der Waals surface area contributed by atoms with Crippen LogP contribution in [0.15, 0.2) is 103 Å². The summed E-state index contributed by atoms with van der Waals surface area (Å²) in [4.78, 5) is 0. The number of rotatable bonds is 16. The molecule has 4 rings (SSSR count). The van der Waals surface area contributed by atoms with Crippen molar-refractivity contribution in [2.45, 2.75) is 115 Å². The first-order valence-electron chi connectivity index (χ1n) is 18.7. The lowest BCUT2D eigenvalue weighted by molar-refractivity contribution is 1.14. The molecule has 3 radical (unpaired) electrons. The van der Waals surface area contributed by atoms with Crippen LogP contribution in [0.4, 0.5) is 0 Å². The van der Waals surface area contributed by atoms with Crippen LogP contribution in [0, 0.1) is 0 Å². The second kappa shape index (κ2) is 16.8. The molecule has 0 nitrogen and oxygen atoms in total. The van der Waals surface area contributed by atoms with Crippen LogP contribution in [0.25, 0.3) is 0 Å². The quantitative estimate of drug-likeness (QED) is 0.101. The molecule has 0 spiro atoms. The van der Waals surface area contributed by atoms with Crippen molar-refractivity contribution in [3.8, 4) is 0 Å². The lowest BCUT2D eigenvalue weighted by Gasteiger charge is -2.39. The molecule has 0 aliphatic rings. The van der Waals surface area contributed by atoms with E-state index < -0.39 is 58.7 Å². The number of benzene rings is 4. The molecule has 7 heteroatoms. The van der Waals surface area contributed by atoms with Crippen molar-refractivity contribution in [2.24, 2.45) is 0 Å². The van der Waals surface area contributed by atoms with Crippen LogP contribution in [0.2, 0.25) is 115 Å². The van der Waals surface area contributed by atoms with Gasteiger partial charge in [-0.05, 0) is 0 Å². The van der Waals surface area contributed by atoms with Crippen LogP contribution in [-0.2, 0) is 0 Å². The van der Waals surface area contributed by atoms with Gasteiger partial charge in [-0.2, -0.15) is 0 Å². The fourth-order valence-corrected chi connectivity index (χ4v) is 29.8. The number of hydrogen-bond donors (Lipinski definition) is 0. The second-order valence-corrected chi connectivity index (χ2v) is 44.4. The molecule has 0 heterocycles. The summed E-state index contributed by atoms with van der Waals surface area (Å²) in [7, 11) is -7.96. The van der Waals surface area contributed by atoms with Crippen LogP contribution < -0.4 is 36.3 Å². The molecule has 0 aromatic heterocycles. The molecule has 0 saturated heterocycles. The summed E-state index contributed by atoms with van der Waals surface area (Å²) >= 11 is 0. The molecule has 0 N–H and O–H groups in total. The van der Waals surface area contributed by atoms with Gasteiger partial charge in [-0.3, -0.25) is 0 Å². The first-order valence-corrected chi connectivity index (χ1v) is 38.5.